The second kappa shape index (κ2) is 5.40. The fraction of sp³-hybridized carbons (Fsp3) is 0.308. The van der Waals surface area contributed by atoms with E-state index in [4.69, 9.17) is 14.7 Å². The molecule has 2 rings (SSSR count). The molecule has 0 radical (unpaired) electrons. The van der Waals surface area contributed by atoms with Gasteiger partial charge >= 0.3 is 5.97 Å². The molecule has 1 heterocycles. The standard InChI is InChI=1S/C13H12N2O4/c1-2-18-13(17)9-3-4-11-10(7-9)15(6-5-14)12(16)8-19-11/h3-4,7H,2,6,8H2,1H3. The Kier molecular flexibility index (Phi) is 3.66. The Labute approximate surface area is 110 Å². The molecule has 0 unspecified atom stereocenters. The van der Waals surface area contributed by atoms with Crippen LogP contribution in [0.25, 0.3) is 0 Å². The van der Waals surface area contributed by atoms with Gasteiger partial charge in [-0.15, -0.1) is 0 Å². The van der Waals surface area contributed by atoms with Gasteiger partial charge < -0.3 is 9.47 Å². The second-order valence-electron chi connectivity index (χ2n) is 3.83. The van der Waals surface area contributed by atoms with Gasteiger partial charge in [-0.05, 0) is 25.1 Å². The quantitative estimate of drug-likeness (QED) is 0.601. The molecule has 0 bridgehead atoms. The van der Waals surface area contributed by atoms with Gasteiger partial charge in [-0.1, -0.05) is 0 Å². The van der Waals surface area contributed by atoms with E-state index in [9.17, 15) is 9.59 Å². The summed E-state index contributed by atoms with van der Waals surface area (Å²) in [4.78, 5) is 24.6. The highest BCUT2D eigenvalue weighted by atomic mass is 16.5. The zero-order chi connectivity index (χ0) is 13.8. The molecule has 0 fully saturated rings. The van der Waals surface area contributed by atoms with Crippen molar-refractivity contribution in [3.8, 4) is 11.8 Å². The van der Waals surface area contributed by atoms with E-state index >= 15 is 0 Å². The lowest BCUT2D eigenvalue weighted by Gasteiger charge is -2.27. The van der Waals surface area contributed by atoms with Crippen molar-refractivity contribution in [3.63, 3.8) is 0 Å². The van der Waals surface area contributed by atoms with Crippen molar-refractivity contribution in [1.82, 2.24) is 0 Å². The minimum absolute atomic E-state index is 0.0819. The highest BCUT2D eigenvalue weighted by Crippen LogP contribution is 2.32. The minimum atomic E-state index is -0.472. The third-order valence-electron chi connectivity index (χ3n) is 2.64. The summed E-state index contributed by atoms with van der Waals surface area (Å²) in [6.07, 6.45) is 0. The molecule has 6 heteroatoms. The summed E-state index contributed by atoms with van der Waals surface area (Å²) in [5.74, 6) is -0.307. The molecule has 0 spiro atoms. The summed E-state index contributed by atoms with van der Waals surface area (Å²) >= 11 is 0. The van der Waals surface area contributed by atoms with E-state index in [1.165, 1.54) is 11.0 Å². The first-order valence-electron chi connectivity index (χ1n) is 5.78. The van der Waals surface area contributed by atoms with E-state index in [1.807, 2.05) is 6.07 Å². The van der Waals surface area contributed by atoms with Crippen molar-refractivity contribution in [1.29, 1.82) is 5.26 Å². The molecular weight excluding hydrogens is 248 g/mol. The van der Waals surface area contributed by atoms with Crippen molar-refractivity contribution in [2.45, 2.75) is 6.92 Å². The molecule has 0 aliphatic carbocycles. The van der Waals surface area contributed by atoms with Gasteiger partial charge in [0.1, 0.15) is 12.3 Å². The Balaban J connectivity index is 2.39. The second-order valence-corrected chi connectivity index (χ2v) is 3.83. The number of esters is 1. The summed E-state index contributed by atoms with van der Waals surface area (Å²) in [6.45, 7) is 1.80. The zero-order valence-electron chi connectivity index (χ0n) is 10.4. The number of anilines is 1. The molecule has 1 aliphatic heterocycles. The van der Waals surface area contributed by atoms with E-state index in [1.54, 1.807) is 19.1 Å². The lowest BCUT2D eigenvalue weighted by Crippen LogP contribution is -2.39. The van der Waals surface area contributed by atoms with E-state index in [2.05, 4.69) is 0 Å². The molecule has 19 heavy (non-hydrogen) atoms. The molecule has 1 aromatic rings. The summed E-state index contributed by atoms with van der Waals surface area (Å²) in [6, 6.07) is 6.58. The molecule has 1 aromatic carbocycles. The van der Waals surface area contributed by atoms with Crippen LogP contribution < -0.4 is 9.64 Å². The number of nitriles is 1. The predicted octanol–water partition coefficient (Wildman–Crippen LogP) is 1.11. The van der Waals surface area contributed by atoms with Gasteiger partial charge in [-0.2, -0.15) is 5.26 Å². The van der Waals surface area contributed by atoms with Crippen LogP contribution in [0.5, 0.6) is 5.75 Å². The lowest BCUT2D eigenvalue weighted by atomic mass is 10.1. The zero-order valence-corrected chi connectivity index (χ0v) is 10.4. The number of benzene rings is 1. The van der Waals surface area contributed by atoms with Crippen molar-refractivity contribution in [2.24, 2.45) is 0 Å². The van der Waals surface area contributed by atoms with Gasteiger partial charge in [0, 0.05) is 0 Å². The van der Waals surface area contributed by atoms with Crippen molar-refractivity contribution in [3.05, 3.63) is 23.8 Å². The summed E-state index contributed by atoms with van der Waals surface area (Å²) in [5.41, 5.74) is 0.741. The Morgan fingerprint density at radius 3 is 3.05 bits per heavy atom. The first kappa shape index (κ1) is 12.9. The smallest absolute Gasteiger partial charge is 0.338 e. The van der Waals surface area contributed by atoms with E-state index in [0.717, 1.165) is 0 Å². The molecule has 6 nitrogen and oxygen atoms in total. The minimum Gasteiger partial charge on any atom is -0.482 e. The lowest BCUT2D eigenvalue weighted by molar-refractivity contribution is -0.121. The molecule has 0 atom stereocenters. The Bertz CT molecular complexity index is 562. The Morgan fingerprint density at radius 1 is 1.58 bits per heavy atom. The highest BCUT2D eigenvalue weighted by molar-refractivity contribution is 6.00. The van der Waals surface area contributed by atoms with Crippen molar-refractivity contribution in [2.75, 3.05) is 24.7 Å². The topological polar surface area (TPSA) is 79.6 Å². The number of carbonyl (C=O) groups is 2. The van der Waals surface area contributed by atoms with Gasteiger partial charge in [0.25, 0.3) is 5.91 Å². The summed E-state index contributed by atoms with van der Waals surface area (Å²) < 4.78 is 10.1. The third kappa shape index (κ3) is 2.50. The van der Waals surface area contributed by atoms with Crippen LogP contribution in [0, 0.1) is 11.3 Å². The number of hydrogen-bond donors (Lipinski definition) is 0. The maximum Gasteiger partial charge on any atom is 0.338 e. The summed E-state index contributed by atoms with van der Waals surface area (Å²) in [5, 5.41) is 8.75. The maximum atomic E-state index is 11.7. The SMILES string of the molecule is CCOC(=O)c1ccc2c(c1)N(CC#N)C(=O)CO2. The van der Waals surface area contributed by atoms with E-state index in [-0.39, 0.29) is 25.7 Å². The van der Waals surface area contributed by atoms with Crippen molar-refractivity contribution >= 4 is 17.6 Å². The number of amides is 1. The van der Waals surface area contributed by atoms with Crippen LogP contribution >= 0.6 is 0 Å². The van der Waals surface area contributed by atoms with Crippen LogP contribution in [0.3, 0.4) is 0 Å². The van der Waals surface area contributed by atoms with Crippen LogP contribution in [-0.4, -0.2) is 31.6 Å². The van der Waals surface area contributed by atoms with Gasteiger partial charge in [0.15, 0.2) is 6.61 Å². The summed E-state index contributed by atoms with van der Waals surface area (Å²) in [7, 11) is 0. The monoisotopic (exact) mass is 260 g/mol. The largest absolute Gasteiger partial charge is 0.482 e. The highest BCUT2D eigenvalue weighted by Gasteiger charge is 2.26. The van der Waals surface area contributed by atoms with Crippen LogP contribution in [0.4, 0.5) is 5.69 Å². The Morgan fingerprint density at radius 2 is 2.37 bits per heavy atom. The Hall–Kier alpha value is -2.55. The van der Waals surface area contributed by atoms with Gasteiger partial charge in [-0.25, -0.2) is 4.79 Å². The molecule has 0 saturated heterocycles. The van der Waals surface area contributed by atoms with Crippen LogP contribution in [-0.2, 0) is 9.53 Å². The third-order valence-corrected chi connectivity index (χ3v) is 2.64. The maximum absolute atomic E-state index is 11.7. The molecular formula is C13H12N2O4. The fourth-order valence-electron chi connectivity index (χ4n) is 1.79. The molecule has 0 aromatic heterocycles. The average molecular weight is 260 g/mol. The number of carbonyl (C=O) groups excluding carboxylic acids is 2. The first-order valence-corrected chi connectivity index (χ1v) is 5.78. The molecule has 1 amide bonds. The number of fused-ring (bicyclic) bond motifs is 1. The van der Waals surface area contributed by atoms with Crippen molar-refractivity contribution < 1.29 is 19.1 Å². The molecule has 0 N–H and O–H groups in total. The molecule has 98 valence electrons. The van der Waals surface area contributed by atoms with Gasteiger partial charge in [-0.3, -0.25) is 9.69 Å². The fourth-order valence-corrected chi connectivity index (χ4v) is 1.79. The predicted molar refractivity (Wildman–Crippen MR) is 65.9 cm³/mol. The van der Waals surface area contributed by atoms with Gasteiger partial charge in [0.2, 0.25) is 0 Å². The normalized spacial score (nSPS) is 13.3. The number of hydrogen-bond acceptors (Lipinski definition) is 5. The van der Waals surface area contributed by atoms with E-state index in [0.29, 0.717) is 17.0 Å². The first-order chi connectivity index (χ1) is 9.17. The molecule has 1 aliphatic rings. The van der Waals surface area contributed by atoms with Crippen LogP contribution in [0.15, 0.2) is 18.2 Å². The number of nitrogens with zero attached hydrogens (tertiary/aromatic N) is 2. The number of ether oxygens (including phenoxy) is 2. The van der Waals surface area contributed by atoms with E-state index < -0.39 is 5.97 Å². The number of rotatable bonds is 3. The molecule has 0 saturated carbocycles. The van der Waals surface area contributed by atoms with Crippen LogP contribution in [0.2, 0.25) is 0 Å². The average Bonchev–Trinajstić information content (AvgIpc) is 2.42. The van der Waals surface area contributed by atoms with Crippen LogP contribution in [0.1, 0.15) is 17.3 Å². The van der Waals surface area contributed by atoms with Gasteiger partial charge in [0.05, 0.1) is 23.9 Å².